The monoisotopic (exact) mass is 259 g/mol. The molecule has 2 aliphatic carbocycles. The van der Waals surface area contributed by atoms with Crippen LogP contribution < -0.4 is 5.32 Å². The Morgan fingerprint density at radius 3 is 2.72 bits per heavy atom. The Kier molecular flexibility index (Phi) is 3.38. The summed E-state index contributed by atoms with van der Waals surface area (Å²) < 4.78 is 0. The standard InChI is InChI=1S/C16H21NS/c1-11(14-10-12-7-8-13(14)9-12)17-15-5-3-4-6-16(15)18-2/h3-8,11-14,17H,9-10H2,1-2H3. The average molecular weight is 259 g/mol. The highest BCUT2D eigenvalue weighted by atomic mass is 32.2. The third kappa shape index (κ3) is 2.18. The molecule has 4 atom stereocenters. The van der Waals surface area contributed by atoms with Crippen molar-refractivity contribution in [2.75, 3.05) is 11.6 Å². The van der Waals surface area contributed by atoms with E-state index in [9.17, 15) is 0 Å². The molecule has 4 unspecified atom stereocenters. The molecule has 0 heterocycles. The summed E-state index contributed by atoms with van der Waals surface area (Å²) in [5.41, 5.74) is 1.30. The summed E-state index contributed by atoms with van der Waals surface area (Å²) in [5.74, 6) is 2.49. The van der Waals surface area contributed by atoms with Gasteiger partial charge in [-0.15, -0.1) is 11.8 Å². The number of hydrogen-bond acceptors (Lipinski definition) is 2. The molecule has 0 spiro atoms. The van der Waals surface area contributed by atoms with E-state index in [1.165, 1.54) is 23.4 Å². The molecule has 2 bridgehead atoms. The lowest BCUT2D eigenvalue weighted by Gasteiger charge is -2.27. The van der Waals surface area contributed by atoms with Gasteiger partial charge in [0.15, 0.2) is 0 Å². The largest absolute Gasteiger partial charge is 0.381 e. The van der Waals surface area contributed by atoms with E-state index in [4.69, 9.17) is 0 Å². The predicted octanol–water partition coefficient (Wildman–Crippen LogP) is 4.42. The highest BCUT2D eigenvalue weighted by Crippen LogP contribution is 2.45. The van der Waals surface area contributed by atoms with Crippen LogP contribution in [0.25, 0.3) is 0 Å². The molecule has 1 saturated carbocycles. The summed E-state index contributed by atoms with van der Waals surface area (Å²) in [7, 11) is 0. The van der Waals surface area contributed by atoms with Crippen LogP contribution in [0.1, 0.15) is 19.8 Å². The zero-order chi connectivity index (χ0) is 12.5. The molecular weight excluding hydrogens is 238 g/mol. The minimum atomic E-state index is 0.568. The van der Waals surface area contributed by atoms with Crippen molar-refractivity contribution in [1.82, 2.24) is 0 Å². The van der Waals surface area contributed by atoms with E-state index >= 15 is 0 Å². The third-order valence-electron chi connectivity index (χ3n) is 4.46. The summed E-state index contributed by atoms with van der Waals surface area (Å²) in [4.78, 5) is 1.35. The molecule has 18 heavy (non-hydrogen) atoms. The first-order valence-corrected chi connectivity index (χ1v) is 8.08. The van der Waals surface area contributed by atoms with Gasteiger partial charge in [-0.25, -0.2) is 0 Å². The smallest absolute Gasteiger partial charge is 0.0480 e. The van der Waals surface area contributed by atoms with Gasteiger partial charge in [0, 0.05) is 16.6 Å². The number of nitrogens with one attached hydrogen (secondary N) is 1. The summed E-state index contributed by atoms with van der Waals surface area (Å²) in [5, 5.41) is 3.73. The Hall–Kier alpha value is -0.890. The van der Waals surface area contributed by atoms with Crippen LogP contribution in [-0.4, -0.2) is 12.3 Å². The van der Waals surface area contributed by atoms with E-state index in [0.717, 1.165) is 17.8 Å². The average Bonchev–Trinajstić information content (AvgIpc) is 3.01. The van der Waals surface area contributed by atoms with Crippen molar-refractivity contribution in [2.24, 2.45) is 17.8 Å². The summed E-state index contributed by atoms with van der Waals surface area (Å²) >= 11 is 1.82. The molecule has 0 aliphatic heterocycles. The Balaban J connectivity index is 1.71. The van der Waals surface area contributed by atoms with Gasteiger partial charge in [-0.1, -0.05) is 24.3 Å². The van der Waals surface area contributed by atoms with Gasteiger partial charge in [0.05, 0.1) is 0 Å². The van der Waals surface area contributed by atoms with E-state index in [-0.39, 0.29) is 0 Å². The fourth-order valence-electron chi connectivity index (χ4n) is 3.51. The fraction of sp³-hybridized carbons (Fsp3) is 0.500. The van der Waals surface area contributed by atoms with E-state index in [0.29, 0.717) is 6.04 Å². The van der Waals surface area contributed by atoms with Crippen molar-refractivity contribution in [3.8, 4) is 0 Å². The van der Waals surface area contributed by atoms with Gasteiger partial charge in [0.2, 0.25) is 0 Å². The predicted molar refractivity (Wildman–Crippen MR) is 80.2 cm³/mol. The Morgan fingerprint density at radius 2 is 2.06 bits per heavy atom. The molecule has 0 saturated heterocycles. The van der Waals surface area contributed by atoms with E-state index in [1.54, 1.807) is 0 Å². The number of benzene rings is 1. The maximum Gasteiger partial charge on any atom is 0.0480 e. The molecule has 1 nitrogen and oxygen atoms in total. The number of fused-ring (bicyclic) bond motifs is 2. The number of hydrogen-bond donors (Lipinski definition) is 1. The molecule has 1 fully saturated rings. The molecule has 1 aromatic rings. The summed E-state index contributed by atoms with van der Waals surface area (Å²) in [6.45, 7) is 2.34. The quantitative estimate of drug-likeness (QED) is 0.634. The molecule has 0 aromatic heterocycles. The van der Waals surface area contributed by atoms with Gasteiger partial charge < -0.3 is 5.32 Å². The molecule has 1 N–H and O–H groups in total. The SMILES string of the molecule is CSc1ccccc1NC(C)C1CC2C=CC1C2. The van der Waals surface area contributed by atoms with Gasteiger partial charge in [-0.2, -0.15) is 0 Å². The minimum Gasteiger partial charge on any atom is -0.381 e. The Bertz CT molecular complexity index is 454. The first kappa shape index (κ1) is 12.2. The van der Waals surface area contributed by atoms with E-state index in [2.05, 4.69) is 54.9 Å². The molecule has 0 amide bonds. The number of allylic oxidation sites excluding steroid dienone is 2. The highest BCUT2D eigenvalue weighted by Gasteiger charge is 2.38. The first-order chi connectivity index (χ1) is 8.78. The minimum absolute atomic E-state index is 0.568. The van der Waals surface area contributed by atoms with E-state index < -0.39 is 0 Å². The number of rotatable bonds is 4. The number of thioether (sulfide) groups is 1. The molecule has 2 heteroatoms. The lowest BCUT2D eigenvalue weighted by Crippen LogP contribution is -2.29. The maximum absolute atomic E-state index is 3.73. The Morgan fingerprint density at radius 1 is 1.22 bits per heavy atom. The lowest BCUT2D eigenvalue weighted by molar-refractivity contribution is 0.399. The zero-order valence-corrected chi connectivity index (χ0v) is 11.9. The van der Waals surface area contributed by atoms with Crippen LogP contribution >= 0.6 is 11.8 Å². The second kappa shape index (κ2) is 5.00. The molecule has 1 aromatic carbocycles. The highest BCUT2D eigenvalue weighted by molar-refractivity contribution is 7.98. The van der Waals surface area contributed by atoms with Crippen LogP contribution in [0.3, 0.4) is 0 Å². The van der Waals surface area contributed by atoms with Crippen LogP contribution in [0.2, 0.25) is 0 Å². The summed E-state index contributed by atoms with van der Waals surface area (Å²) in [6, 6.07) is 9.20. The van der Waals surface area contributed by atoms with Crippen molar-refractivity contribution in [1.29, 1.82) is 0 Å². The van der Waals surface area contributed by atoms with E-state index in [1.807, 2.05) is 11.8 Å². The number of anilines is 1. The maximum atomic E-state index is 3.73. The van der Waals surface area contributed by atoms with Gasteiger partial charge in [0.25, 0.3) is 0 Å². The van der Waals surface area contributed by atoms with Gasteiger partial charge in [-0.3, -0.25) is 0 Å². The van der Waals surface area contributed by atoms with Crippen LogP contribution in [0.4, 0.5) is 5.69 Å². The van der Waals surface area contributed by atoms with Gasteiger partial charge in [-0.05, 0) is 55.9 Å². The van der Waals surface area contributed by atoms with Crippen molar-refractivity contribution >= 4 is 17.4 Å². The fourth-order valence-corrected chi connectivity index (χ4v) is 4.08. The number of para-hydroxylation sites is 1. The van der Waals surface area contributed by atoms with Crippen molar-refractivity contribution in [3.63, 3.8) is 0 Å². The molecule has 0 radical (unpaired) electrons. The van der Waals surface area contributed by atoms with Crippen LogP contribution in [0, 0.1) is 17.8 Å². The topological polar surface area (TPSA) is 12.0 Å². The third-order valence-corrected chi connectivity index (χ3v) is 5.26. The first-order valence-electron chi connectivity index (χ1n) is 6.86. The molecule has 3 rings (SSSR count). The van der Waals surface area contributed by atoms with Gasteiger partial charge >= 0.3 is 0 Å². The van der Waals surface area contributed by atoms with Crippen LogP contribution in [0.15, 0.2) is 41.3 Å². The van der Waals surface area contributed by atoms with Crippen LogP contribution in [-0.2, 0) is 0 Å². The van der Waals surface area contributed by atoms with Crippen LogP contribution in [0.5, 0.6) is 0 Å². The zero-order valence-electron chi connectivity index (χ0n) is 11.1. The molecule has 2 aliphatic rings. The van der Waals surface area contributed by atoms with Crippen molar-refractivity contribution in [2.45, 2.75) is 30.7 Å². The second-order valence-corrected chi connectivity index (χ2v) is 6.43. The summed E-state index contributed by atoms with van der Waals surface area (Å²) in [6.07, 6.45) is 9.77. The van der Waals surface area contributed by atoms with Crippen molar-refractivity contribution in [3.05, 3.63) is 36.4 Å². The lowest BCUT2D eigenvalue weighted by atomic mass is 9.87. The normalized spacial score (nSPS) is 30.7. The Labute approximate surface area is 114 Å². The molecule has 96 valence electrons. The van der Waals surface area contributed by atoms with Crippen molar-refractivity contribution < 1.29 is 0 Å². The van der Waals surface area contributed by atoms with Gasteiger partial charge in [0.1, 0.15) is 0 Å². The second-order valence-electron chi connectivity index (χ2n) is 5.58. The molecular formula is C16H21NS.